The maximum absolute atomic E-state index is 12.6. The number of ether oxygens (including phenoxy) is 2. The Kier molecular flexibility index (Phi) is 5.93. The molecule has 142 valence electrons. The lowest BCUT2D eigenvalue weighted by Gasteiger charge is -2.23. The number of hydrogen-bond donors (Lipinski definition) is 1. The zero-order valence-corrected chi connectivity index (χ0v) is 16.7. The lowest BCUT2D eigenvalue weighted by Crippen LogP contribution is -2.39. The van der Waals surface area contributed by atoms with E-state index in [-0.39, 0.29) is 11.9 Å². The van der Waals surface area contributed by atoms with Crippen LogP contribution >= 0.6 is 11.3 Å². The third-order valence-electron chi connectivity index (χ3n) is 4.41. The molecule has 0 aliphatic rings. The van der Waals surface area contributed by atoms with Gasteiger partial charge in [-0.05, 0) is 38.2 Å². The van der Waals surface area contributed by atoms with Gasteiger partial charge in [0.25, 0.3) is 0 Å². The Hall–Kier alpha value is -2.64. The molecule has 1 heterocycles. The molecule has 0 saturated heterocycles. The third kappa shape index (κ3) is 4.37. The molecule has 0 spiro atoms. The fourth-order valence-corrected chi connectivity index (χ4v) is 3.73. The molecule has 7 heteroatoms. The predicted molar refractivity (Wildman–Crippen MR) is 109 cm³/mol. The van der Waals surface area contributed by atoms with Crippen molar-refractivity contribution in [2.24, 2.45) is 0 Å². The Labute approximate surface area is 162 Å². The number of hydrogen-bond acceptors (Lipinski definition) is 6. The van der Waals surface area contributed by atoms with Gasteiger partial charge in [-0.2, -0.15) is 0 Å². The van der Waals surface area contributed by atoms with E-state index in [1.165, 1.54) is 0 Å². The highest BCUT2D eigenvalue weighted by Crippen LogP contribution is 2.30. The number of benzene rings is 2. The Morgan fingerprint density at radius 2 is 1.93 bits per heavy atom. The first kappa shape index (κ1) is 19.1. The van der Waals surface area contributed by atoms with Crippen LogP contribution < -0.4 is 14.8 Å². The van der Waals surface area contributed by atoms with E-state index >= 15 is 0 Å². The van der Waals surface area contributed by atoms with Gasteiger partial charge in [-0.15, -0.1) is 11.3 Å². The lowest BCUT2D eigenvalue weighted by molar-refractivity contribution is -0.120. The molecule has 0 fully saturated rings. The van der Waals surface area contributed by atoms with Crippen molar-refractivity contribution in [1.29, 1.82) is 0 Å². The average Bonchev–Trinajstić information content (AvgIpc) is 3.09. The number of amides is 1. The van der Waals surface area contributed by atoms with Gasteiger partial charge in [0.15, 0.2) is 11.5 Å². The van der Waals surface area contributed by atoms with Crippen molar-refractivity contribution in [1.82, 2.24) is 9.88 Å². The highest BCUT2D eigenvalue weighted by molar-refractivity contribution is 7.18. The van der Waals surface area contributed by atoms with Gasteiger partial charge in [-0.3, -0.25) is 9.69 Å². The number of methoxy groups -OCH3 is 2. The molecule has 1 aromatic heterocycles. The minimum Gasteiger partial charge on any atom is -0.493 e. The van der Waals surface area contributed by atoms with E-state index in [1.807, 2.05) is 37.1 Å². The van der Waals surface area contributed by atoms with Crippen molar-refractivity contribution >= 4 is 33.1 Å². The molecule has 1 amide bonds. The first-order valence-corrected chi connectivity index (χ1v) is 9.41. The Morgan fingerprint density at radius 1 is 1.19 bits per heavy atom. The second kappa shape index (κ2) is 8.37. The van der Waals surface area contributed by atoms with Gasteiger partial charge in [0.1, 0.15) is 5.01 Å². The number of aromatic nitrogens is 1. The fourth-order valence-electron chi connectivity index (χ4n) is 2.70. The molecular formula is C20H23N3O3S. The molecule has 1 N–H and O–H groups in total. The molecular weight excluding hydrogens is 362 g/mol. The molecule has 0 radical (unpaired) electrons. The third-order valence-corrected chi connectivity index (χ3v) is 5.44. The zero-order valence-electron chi connectivity index (χ0n) is 15.9. The molecule has 0 saturated carbocycles. The van der Waals surface area contributed by atoms with Gasteiger partial charge in [-0.25, -0.2) is 4.98 Å². The minimum atomic E-state index is -0.315. The highest BCUT2D eigenvalue weighted by atomic mass is 32.1. The van der Waals surface area contributed by atoms with Crippen molar-refractivity contribution in [2.75, 3.05) is 26.6 Å². The number of carbonyl (C=O) groups excluding carboxylic acids is 1. The van der Waals surface area contributed by atoms with E-state index in [0.717, 1.165) is 15.2 Å². The SMILES string of the molecule is COc1ccc(NC(=O)C(C)N(C)Cc2nc3ccccc3s2)cc1OC. The molecule has 0 aliphatic carbocycles. The summed E-state index contributed by atoms with van der Waals surface area (Å²) in [5.74, 6) is 1.10. The zero-order chi connectivity index (χ0) is 19.4. The normalized spacial score (nSPS) is 12.2. The van der Waals surface area contributed by atoms with Gasteiger partial charge in [-0.1, -0.05) is 12.1 Å². The van der Waals surface area contributed by atoms with E-state index in [0.29, 0.717) is 23.7 Å². The monoisotopic (exact) mass is 385 g/mol. The average molecular weight is 385 g/mol. The smallest absolute Gasteiger partial charge is 0.241 e. The van der Waals surface area contributed by atoms with Crippen LogP contribution in [-0.2, 0) is 11.3 Å². The van der Waals surface area contributed by atoms with Crippen molar-refractivity contribution in [3.05, 3.63) is 47.5 Å². The second-order valence-corrected chi connectivity index (χ2v) is 7.34. The number of thiazole rings is 1. The number of carbonyl (C=O) groups is 1. The summed E-state index contributed by atoms with van der Waals surface area (Å²) in [5, 5.41) is 3.92. The Bertz CT molecular complexity index is 908. The molecule has 3 aromatic rings. The summed E-state index contributed by atoms with van der Waals surface area (Å²) in [6, 6.07) is 13.0. The summed E-state index contributed by atoms with van der Waals surface area (Å²) in [5.41, 5.74) is 1.66. The second-order valence-electron chi connectivity index (χ2n) is 6.23. The van der Waals surface area contributed by atoms with E-state index in [9.17, 15) is 4.79 Å². The van der Waals surface area contributed by atoms with Crippen LogP contribution in [0.4, 0.5) is 5.69 Å². The molecule has 0 aliphatic heterocycles. The maximum atomic E-state index is 12.6. The molecule has 3 rings (SSSR count). The van der Waals surface area contributed by atoms with Gasteiger partial charge in [0.05, 0.1) is 37.0 Å². The molecule has 1 unspecified atom stereocenters. The summed E-state index contributed by atoms with van der Waals surface area (Å²) in [7, 11) is 5.07. The number of likely N-dealkylation sites (N-methyl/N-ethyl adjacent to an activating group) is 1. The van der Waals surface area contributed by atoms with E-state index in [1.54, 1.807) is 43.8 Å². The van der Waals surface area contributed by atoms with E-state index in [4.69, 9.17) is 9.47 Å². The van der Waals surface area contributed by atoms with Gasteiger partial charge in [0, 0.05) is 11.8 Å². The largest absolute Gasteiger partial charge is 0.493 e. The maximum Gasteiger partial charge on any atom is 0.241 e. The predicted octanol–water partition coefficient (Wildman–Crippen LogP) is 3.77. The number of nitrogens with one attached hydrogen (secondary N) is 1. The first-order valence-electron chi connectivity index (χ1n) is 8.59. The number of anilines is 1. The molecule has 0 bridgehead atoms. The van der Waals surface area contributed by atoms with Crippen LogP contribution in [0.1, 0.15) is 11.9 Å². The topological polar surface area (TPSA) is 63.7 Å². The quantitative estimate of drug-likeness (QED) is 0.671. The minimum absolute atomic E-state index is 0.0918. The standard InChI is InChI=1S/C20H23N3O3S/c1-13(20(24)21-14-9-10-16(25-3)17(11-14)26-4)23(2)12-19-22-15-7-5-6-8-18(15)27-19/h5-11,13H,12H2,1-4H3,(H,21,24). The summed E-state index contributed by atoms with van der Waals surface area (Å²) in [4.78, 5) is 19.2. The van der Waals surface area contributed by atoms with Gasteiger partial charge in [0.2, 0.25) is 5.91 Å². The summed E-state index contributed by atoms with van der Waals surface area (Å²) in [6.07, 6.45) is 0. The number of rotatable bonds is 7. The van der Waals surface area contributed by atoms with Crippen LogP contribution in [0.25, 0.3) is 10.2 Å². The van der Waals surface area contributed by atoms with Crippen molar-refractivity contribution in [3.63, 3.8) is 0 Å². The first-order chi connectivity index (χ1) is 13.0. The Morgan fingerprint density at radius 3 is 2.63 bits per heavy atom. The van der Waals surface area contributed by atoms with E-state index in [2.05, 4.69) is 16.4 Å². The number of para-hydroxylation sites is 1. The number of nitrogens with zero attached hydrogens (tertiary/aromatic N) is 2. The van der Waals surface area contributed by atoms with Crippen LogP contribution in [-0.4, -0.2) is 43.1 Å². The van der Waals surface area contributed by atoms with Crippen LogP contribution in [0.5, 0.6) is 11.5 Å². The van der Waals surface area contributed by atoms with E-state index < -0.39 is 0 Å². The van der Waals surface area contributed by atoms with Gasteiger partial charge >= 0.3 is 0 Å². The Balaban J connectivity index is 1.65. The van der Waals surface area contributed by atoms with Crippen molar-refractivity contribution < 1.29 is 14.3 Å². The molecule has 2 aromatic carbocycles. The molecule has 27 heavy (non-hydrogen) atoms. The fraction of sp³-hybridized carbons (Fsp3) is 0.300. The number of fused-ring (bicyclic) bond motifs is 1. The summed E-state index contributed by atoms with van der Waals surface area (Å²) < 4.78 is 11.7. The van der Waals surface area contributed by atoms with Crippen molar-refractivity contribution in [2.45, 2.75) is 19.5 Å². The summed E-state index contributed by atoms with van der Waals surface area (Å²) in [6.45, 7) is 2.49. The molecule has 1 atom stereocenters. The molecule has 6 nitrogen and oxygen atoms in total. The van der Waals surface area contributed by atoms with Crippen LogP contribution in [0, 0.1) is 0 Å². The van der Waals surface area contributed by atoms with Crippen LogP contribution in [0.15, 0.2) is 42.5 Å². The van der Waals surface area contributed by atoms with Gasteiger partial charge < -0.3 is 14.8 Å². The van der Waals surface area contributed by atoms with Crippen molar-refractivity contribution in [3.8, 4) is 11.5 Å². The highest BCUT2D eigenvalue weighted by Gasteiger charge is 2.20. The van der Waals surface area contributed by atoms with Crippen LogP contribution in [0.3, 0.4) is 0 Å². The summed E-state index contributed by atoms with van der Waals surface area (Å²) >= 11 is 1.65. The van der Waals surface area contributed by atoms with Crippen LogP contribution in [0.2, 0.25) is 0 Å². The lowest BCUT2D eigenvalue weighted by atomic mass is 10.2.